The van der Waals surface area contributed by atoms with Crippen LogP contribution in [0.1, 0.15) is 38.1 Å². The van der Waals surface area contributed by atoms with Crippen LogP contribution in [-0.4, -0.2) is 21.9 Å². The third-order valence-electron chi connectivity index (χ3n) is 4.28. The first-order valence-electron chi connectivity index (χ1n) is 8.57. The minimum atomic E-state index is -0.167. The van der Waals surface area contributed by atoms with Crippen molar-refractivity contribution in [1.29, 1.82) is 0 Å². The molecule has 0 radical (unpaired) electrons. The maximum atomic E-state index is 12.0. The fraction of sp³-hybridized carbons (Fsp3) is 0.300. The standard InChI is InChI=1S/C20H24N4O/c1-13(2)22-20(25)23-14(3)18-12-21-24(15(18)4)19-11-7-9-16-8-5-6-10-17(16)19/h5-14H,1-4H3,(H2,22,23,25). The van der Waals surface area contributed by atoms with Gasteiger partial charge in [0.1, 0.15) is 0 Å². The molecule has 0 aliphatic rings. The first kappa shape index (κ1) is 17.0. The van der Waals surface area contributed by atoms with E-state index in [1.807, 2.05) is 56.8 Å². The van der Waals surface area contributed by atoms with Crippen molar-refractivity contribution in [3.8, 4) is 5.69 Å². The summed E-state index contributed by atoms with van der Waals surface area (Å²) in [4.78, 5) is 12.0. The number of nitrogens with zero attached hydrogens (tertiary/aromatic N) is 2. The second kappa shape index (κ2) is 6.97. The zero-order valence-electron chi connectivity index (χ0n) is 15.1. The Labute approximate surface area is 148 Å². The van der Waals surface area contributed by atoms with Crippen molar-refractivity contribution >= 4 is 16.8 Å². The Morgan fingerprint density at radius 1 is 1.04 bits per heavy atom. The van der Waals surface area contributed by atoms with Crippen LogP contribution in [0.25, 0.3) is 16.5 Å². The summed E-state index contributed by atoms with van der Waals surface area (Å²) in [5.41, 5.74) is 3.07. The van der Waals surface area contributed by atoms with Crippen LogP contribution in [0.2, 0.25) is 0 Å². The molecule has 0 aliphatic heterocycles. The van der Waals surface area contributed by atoms with Crippen LogP contribution in [-0.2, 0) is 0 Å². The van der Waals surface area contributed by atoms with E-state index in [-0.39, 0.29) is 18.1 Å². The van der Waals surface area contributed by atoms with Gasteiger partial charge in [-0.2, -0.15) is 5.10 Å². The van der Waals surface area contributed by atoms with Crippen molar-refractivity contribution in [3.63, 3.8) is 0 Å². The summed E-state index contributed by atoms with van der Waals surface area (Å²) in [6.45, 7) is 7.88. The van der Waals surface area contributed by atoms with Gasteiger partial charge in [0.05, 0.1) is 17.9 Å². The van der Waals surface area contributed by atoms with E-state index in [1.54, 1.807) is 0 Å². The average Bonchev–Trinajstić information content (AvgIpc) is 2.95. The summed E-state index contributed by atoms with van der Waals surface area (Å²) in [5, 5.41) is 12.7. The van der Waals surface area contributed by atoms with E-state index in [0.29, 0.717) is 0 Å². The number of nitrogens with one attached hydrogen (secondary N) is 2. The van der Waals surface area contributed by atoms with Gasteiger partial charge in [-0.3, -0.25) is 0 Å². The number of urea groups is 1. The summed E-state index contributed by atoms with van der Waals surface area (Å²) < 4.78 is 1.94. The van der Waals surface area contributed by atoms with Crippen LogP contribution in [0.4, 0.5) is 4.79 Å². The summed E-state index contributed by atoms with van der Waals surface area (Å²) in [5.74, 6) is 0. The summed E-state index contributed by atoms with van der Waals surface area (Å²) in [6.07, 6.45) is 1.83. The van der Waals surface area contributed by atoms with Crippen molar-refractivity contribution < 1.29 is 4.79 Å². The summed E-state index contributed by atoms with van der Waals surface area (Å²) in [7, 11) is 0. The highest BCUT2D eigenvalue weighted by Gasteiger charge is 2.17. The fourth-order valence-corrected chi connectivity index (χ4v) is 3.06. The third kappa shape index (κ3) is 3.50. The first-order valence-corrected chi connectivity index (χ1v) is 8.57. The lowest BCUT2D eigenvalue weighted by atomic mass is 10.1. The van der Waals surface area contributed by atoms with E-state index in [9.17, 15) is 4.79 Å². The number of aromatic nitrogens is 2. The molecule has 1 heterocycles. The highest BCUT2D eigenvalue weighted by Crippen LogP contribution is 2.25. The predicted molar refractivity (Wildman–Crippen MR) is 101 cm³/mol. The van der Waals surface area contributed by atoms with Gasteiger partial charge in [-0.05, 0) is 39.1 Å². The first-order chi connectivity index (χ1) is 12.0. The molecule has 0 fully saturated rings. The predicted octanol–water partition coefficient (Wildman–Crippen LogP) is 4.10. The number of carbonyl (C=O) groups is 1. The third-order valence-corrected chi connectivity index (χ3v) is 4.28. The highest BCUT2D eigenvalue weighted by molar-refractivity contribution is 5.90. The van der Waals surface area contributed by atoms with Gasteiger partial charge in [-0.15, -0.1) is 0 Å². The second-order valence-electron chi connectivity index (χ2n) is 6.59. The molecule has 0 aliphatic carbocycles. The Morgan fingerprint density at radius 3 is 2.52 bits per heavy atom. The average molecular weight is 336 g/mol. The Kier molecular flexibility index (Phi) is 4.74. The quantitative estimate of drug-likeness (QED) is 0.753. The van der Waals surface area contributed by atoms with E-state index in [1.165, 1.54) is 5.39 Å². The lowest BCUT2D eigenvalue weighted by Crippen LogP contribution is -2.40. The molecule has 2 N–H and O–H groups in total. The van der Waals surface area contributed by atoms with Gasteiger partial charge in [0.25, 0.3) is 0 Å². The smallest absolute Gasteiger partial charge is 0.315 e. The number of rotatable bonds is 4. The van der Waals surface area contributed by atoms with Crippen LogP contribution in [0, 0.1) is 6.92 Å². The van der Waals surface area contributed by atoms with Gasteiger partial charge >= 0.3 is 6.03 Å². The van der Waals surface area contributed by atoms with Crippen LogP contribution in [0.15, 0.2) is 48.7 Å². The molecule has 0 spiro atoms. The normalized spacial score (nSPS) is 12.4. The van der Waals surface area contributed by atoms with Gasteiger partial charge in [0, 0.05) is 22.7 Å². The monoisotopic (exact) mass is 336 g/mol. The molecular formula is C20H24N4O. The number of hydrogen-bond acceptors (Lipinski definition) is 2. The van der Waals surface area contributed by atoms with Crippen LogP contribution in [0.3, 0.4) is 0 Å². The molecule has 3 aromatic rings. The SMILES string of the molecule is Cc1c(C(C)NC(=O)NC(C)C)cnn1-c1cccc2ccccc12. The van der Waals surface area contributed by atoms with Crippen molar-refractivity contribution in [1.82, 2.24) is 20.4 Å². The molecule has 3 rings (SSSR count). The molecule has 130 valence electrons. The molecule has 2 amide bonds. The van der Waals surface area contributed by atoms with Crippen molar-refractivity contribution in [2.24, 2.45) is 0 Å². The zero-order chi connectivity index (χ0) is 18.0. The van der Waals surface area contributed by atoms with Crippen LogP contribution in [0.5, 0.6) is 0 Å². The number of fused-ring (bicyclic) bond motifs is 1. The van der Waals surface area contributed by atoms with E-state index >= 15 is 0 Å². The maximum Gasteiger partial charge on any atom is 0.315 e. The van der Waals surface area contributed by atoms with Gasteiger partial charge in [0.2, 0.25) is 0 Å². The van der Waals surface area contributed by atoms with E-state index < -0.39 is 0 Å². The topological polar surface area (TPSA) is 59.0 Å². The van der Waals surface area contributed by atoms with Gasteiger partial charge in [-0.1, -0.05) is 36.4 Å². The number of benzene rings is 2. The lowest BCUT2D eigenvalue weighted by Gasteiger charge is -2.16. The number of amides is 2. The van der Waals surface area contributed by atoms with Gasteiger partial charge in [-0.25, -0.2) is 9.48 Å². The van der Waals surface area contributed by atoms with Crippen LogP contribution >= 0.6 is 0 Å². The molecular weight excluding hydrogens is 312 g/mol. The number of hydrogen-bond donors (Lipinski definition) is 2. The largest absolute Gasteiger partial charge is 0.336 e. The lowest BCUT2D eigenvalue weighted by molar-refractivity contribution is 0.235. The highest BCUT2D eigenvalue weighted by atomic mass is 16.2. The molecule has 5 heteroatoms. The second-order valence-corrected chi connectivity index (χ2v) is 6.59. The Bertz CT molecular complexity index is 892. The van der Waals surface area contributed by atoms with Crippen LogP contribution < -0.4 is 10.6 Å². The molecule has 0 saturated carbocycles. The Balaban J connectivity index is 1.92. The molecule has 2 aromatic carbocycles. The molecule has 0 saturated heterocycles. The van der Waals surface area contributed by atoms with E-state index in [2.05, 4.69) is 40.0 Å². The maximum absolute atomic E-state index is 12.0. The molecule has 0 bridgehead atoms. The summed E-state index contributed by atoms with van der Waals surface area (Å²) >= 11 is 0. The molecule has 1 atom stereocenters. The minimum Gasteiger partial charge on any atom is -0.336 e. The van der Waals surface area contributed by atoms with E-state index in [4.69, 9.17) is 0 Å². The summed E-state index contributed by atoms with van der Waals surface area (Å²) in [6, 6.07) is 14.3. The van der Waals surface area contributed by atoms with E-state index in [0.717, 1.165) is 22.3 Å². The van der Waals surface area contributed by atoms with Gasteiger partial charge < -0.3 is 10.6 Å². The Morgan fingerprint density at radius 2 is 1.76 bits per heavy atom. The minimum absolute atomic E-state index is 0.103. The van der Waals surface area contributed by atoms with Gasteiger partial charge in [0.15, 0.2) is 0 Å². The molecule has 25 heavy (non-hydrogen) atoms. The zero-order valence-corrected chi connectivity index (χ0v) is 15.1. The fourth-order valence-electron chi connectivity index (χ4n) is 3.06. The molecule has 5 nitrogen and oxygen atoms in total. The Hall–Kier alpha value is -2.82. The van der Waals surface area contributed by atoms with Crippen molar-refractivity contribution in [2.75, 3.05) is 0 Å². The van der Waals surface area contributed by atoms with Crippen molar-refractivity contribution in [3.05, 3.63) is 59.9 Å². The molecule has 1 unspecified atom stereocenters. The number of carbonyl (C=O) groups excluding carboxylic acids is 1. The van der Waals surface area contributed by atoms with Crippen molar-refractivity contribution in [2.45, 2.75) is 39.8 Å². The molecule has 1 aromatic heterocycles.